The summed E-state index contributed by atoms with van der Waals surface area (Å²) in [5.41, 5.74) is 2.72. The van der Waals surface area contributed by atoms with Crippen LogP contribution in [-0.4, -0.2) is 62.7 Å². The molecular formula is C51H48FN7O7S2. The Morgan fingerprint density at radius 1 is 0.632 bits per heavy atom. The molecule has 0 bridgehead atoms. The number of para-hydroxylation sites is 3. The van der Waals surface area contributed by atoms with Crippen LogP contribution < -0.4 is 19.5 Å². The quantitative estimate of drug-likeness (QED) is 0.0892. The second kappa shape index (κ2) is 21.3. The van der Waals surface area contributed by atoms with Crippen molar-refractivity contribution in [2.24, 2.45) is 0 Å². The summed E-state index contributed by atoms with van der Waals surface area (Å²) < 4.78 is 77.3. The van der Waals surface area contributed by atoms with Crippen molar-refractivity contribution in [1.82, 2.24) is 25.2 Å². The molecule has 2 atom stereocenters. The Bertz CT molecular complexity index is 3300. The summed E-state index contributed by atoms with van der Waals surface area (Å²) in [6.45, 7) is 3.89. The van der Waals surface area contributed by atoms with Gasteiger partial charge in [-0.15, -0.1) is 0 Å². The molecule has 68 heavy (non-hydrogen) atoms. The van der Waals surface area contributed by atoms with Crippen LogP contribution >= 0.6 is 0 Å². The lowest BCUT2D eigenvalue weighted by atomic mass is 10.0. The highest BCUT2D eigenvalue weighted by atomic mass is 32.2. The van der Waals surface area contributed by atoms with Gasteiger partial charge in [0.25, 0.3) is 31.9 Å². The SMILES string of the molecule is CCC(NC(=O)c1cc(F)ccc1NS(=O)(=O)c1cccc2cccnc12)c1ccc(OC)nc1.CCC(c1ccccc1)N(C)C(=O)c1ccccc1NS(=O)(=O)c1cccc2cccnc12. The third-order valence-electron chi connectivity index (χ3n) is 11.1. The van der Waals surface area contributed by atoms with Crippen molar-refractivity contribution in [2.75, 3.05) is 23.6 Å². The summed E-state index contributed by atoms with van der Waals surface area (Å²) >= 11 is 0. The predicted molar refractivity (Wildman–Crippen MR) is 261 cm³/mol. The molecule has 8 aromatic rings. The molecule has 3 aromatic heterocycles. The number of carbonyl (C=O) groups excluding carboxylic acids is 2. The van der Waals surface area contributed by atoms with Crippen molar-refractivity contribution in [3.05, 3.63) is 192 Å². The van der Waals surface area contributed by atoms with Crippen molar-refractivity contribution < 1.29 is 35.6 Å². The molecule has 3 N–H and O–H groups in total. The van der Waals surface area contributed by atoms with E-state index in [1.54, 1.807) is 97.1 Å². The molecule has 17 heteroatoms. The largest absolute Gasteiger partial charge is 0.481 e. The maximum Gasteiger partial charge on any atom is 0.264 e. The van der Waals surface area contributed by atoms with Crippen LogP contribution in [0.25, 0.3) is 21.8 Å². The summed E-state index contributed by atoms with van der Waals surface area (Å²) in [4.78, 5) is 40.8. The molecule has 0 aliphatic rings. The van der Waals surface area contributed by atoms with Gasteiger partial charge < -0.3 is 15.0 Å². The molecular weight excluding hydrogens is 906 g/mol. The number of hydrogen-bond donors (Lipinski definition) is 3. The van der Waals surface area contributed by atoms with Crippen LogP contribution in [0.5, 0.6) is 5.88 Å². The number of pyridine rings is 3. The summed E-state index contributed by atoms with van der Waals surface area (Å²) in [5.74, 6) is -1.15. The molecule has 0 saturated heterocycles. The van der Waals surface area contributed by atoms with Gasteiger partial charge in [-0.3, -0.25) is 29.0 Å². The van der Waals surface area contributed by atoms with Gasteiger partial charge in [0.05, 0.1) is 52.7 Å². The Kier molecular flexibility index (Phi) is 15.1. The smallest absolute Gasteiger partial charge is 0.264 e. The molecule has 0 radical (unpaired) electrons. The normalized spacial score (nSPS) is 12.2. The van der Waals surface area contributed by atoms with Gasteiger partial charge in [0.1, 0.15) is 15.6 Å². The van der Waals surface area contributed by atoms with Crippen molar-refractivity contribution >= 4 is 65.0 Å². The van der Waals surface area contributed by atoms with Gasteiger partial charge in [-0.1, -0.05) is 98.8 Å². The highest BCUT2D eigenvalue weighted by Crippen LogP contribution is 2.30. The van der Waals surface area contributed by atoms with E-state index in [4.69, 9.17) is 4.74 Å². The highest BCUT2D eigenvalue weighted by molar-refractivity contribution is 7.93. The molecule has 2 unspecified atom stereocenters. The minimum atomic E-state index is -4.14. The lowest BCUT2D eigenvalue weighted by Crippen LogP contribution is -2.31. The summed E-state index contributed by atoms with van der Waals surface area (Å²) in [6.07, 6.45) is 5.88. The van der Waals surface area contributed by atoms with Gasteiger partial charge in [-0.05, 0) is 78.6 Å². The molecule has 0 aliphatic heterocycles. The molecule has 5 aromatic carbocycles. The summed E-state index contributed by atoms with van der Waals surface area (Å²) in [6, 6.07) is 39.4. The van der Waals surface area contributed by atoms with Gasteiger partial charge in [-0.2, -0.15) is 0 Å². The van der Waals surface area contributed by atoms with Crippen LogP contribution in [0.15, 0.2) is 174 Å². The first-order chi connectivity index (χ1) is 32.7. The first kappa shape index (κ1) is 48.2. The first-order valence-electron chi connectivity index (χ1n) is 21.5. The fraction of sp³-hybridized carbons (Fsp3) is 0.157. The van der Waals surface area contributed by atoms with Crippen LogP contribution in [-0.2, 0) is 20.0 Å². The zero-order valence-corrected chi connectivity index (χ0v) is 39.1. The topological polar surface area (TPSA) is 190 Å². The Balaban J connectivity index is 0.000000202. The number of ether oxygens (including phenoxy) is 1. The van der Waals surface area contributed by atoms with Crippen molar-refractivity contribution in [3.8, 4) is 5.88 Å². The third-order valence-corrected chi connectivity index (χ3v) is 13.9. The number of methoxy groups -OCH3 is 1. The van der Waals surface area contributed by atoms with Crippen LogP contribution in [0.4, 0.5) is 15.8 Å². The van der Waals surface area contributed by atoms with E-state index >= 15 is 0 Å². The monoisotopic (exact) mass is 953 g/mol. The van der Waals surface area contributed by atoms with Crippen LogP contribution in [0, 0.1) is 5.82 Å². The molecule has 0 saturated carbocycles. The van der Waals surface area contributed by atoms with Crippen molar-refractivity contribution in [2.45, 2.75) is 48.6 Å². The van der Waals surface area contributed by atoms with E-state index in [0.29, 0.717) is 23.2 Å². The number of benzene rings is 5. The maximum atomic E-state index is 14.1. The van der Waals surface area contributed by atoms with E-state index in [2.05, 4.69) is 29.7 Å². The number of halogens is 1. The maximum absolute atomic E-state index is 14.1. The van der Waals surface area contributed by atoms with Gasteiger partial charge in [0.15, 0.2) is 0 Å². The Morgan fingerprint density at radius 3 is 1.76 bits per heavy atom. The van der Waals surface area contributed by atoms with Crippen molar-refractivity contribution in [1.29, 1.82) is 0 Å². The fourth-order valence-corrected chi connectivity index (χ4v) is 10.2. The number of anilines is 2. The van der Waals surface area contributed by atoms with Crippen LogP contribution in [0.3, 0.4) is 0 Å². The van der Waals surface area contributed by atoms with Crippen molar-refractivity contribution in [3.63, 3.8) is 0 Å². The van der Waals surface area contributed by atoms with Gasteiger partial charge in [0, 0.05) is 42.5 Å². The van der Waals surface area contributed by atoms with Gasteiger partial charge >= 0.3 is 0 Å². The second-order valence-corrected chi connectivity index (χ2v) is 18.7. The zero-order valence-electron chi connectivity index (χ0n) is 37.5. The minimum absolute atomic E-state index is 0.0537. The number of nitrogens with one attached hydrogen (secondary N) is 3. The fourth-order valence-electron chi connectivity index (χ4n) is 7.65. The van der Waals surface area contributed by atoms with Gasteiger partial charge in [0.2, 0.25) is 5.88 Å². The minimum Gasteiger partial charge on any atom is -0.481 e. The van der Waals surface area contributed by atoms with E-state index in [1.165, 1.54) is 31.5 Å². The van der Waals surface area contributed by atoms with Gasteiger partial charge in [-0.25, -0.2) is 26.2 Å². The Morgan fingerprint density at radius 2 is 1.21 bits per heavy atom. The molecule has 3 heterocycles. The second-order valence-electron chi connectivity index (χ2n) is 15.4. The molecule has 0 aliphatic carbocycles. The summed E-state index contributed by atoms with van der Waals surface area (Å²) in [7, 11) is -4.88. The number of amides is 2. The Hall–Kier alpha value is -7.76. The van der Waals surface area contributed by atoms with E-state index in [1.807, 2.05) is 56.3 Å². The van der Waals surface area contributed by atoms with E-state index in [9.17, 15) is 30.8 Å². The van der Waals surface area contributed by atoms with Crippen LogP contribution in [0.1, 0.15) is 70.6 Å². The predicted octanol–water partition coefficient (Wildman–Crippen LogP) is 9.72. The molecule has 0 spiro atoms. The highest BCUT2D eigenvalue weighted by Gasteiger charge is 2.27. The Labute approximate surface area is 394 Å². The zero-order chi connectivity index (χ0) is 48.4. The third kappa shape index (κ3) is 10.9. The summed E-state index contributed by atoms with van der Waals surface area (Å²) in [5, 5.41) is 4.19. The van der Waals surface area contributed by atoms with E-state index in [0.717, 1.165) is 35.1 Å². The molecule has 8 rings (SSSR count). The molecule has 348 valence electrons. The number of rotatable bonds is 15. The number of nitrogens with zero attached hydrogens (tertiary/aromatic N) is 4. The van der Waals surface area contributed by atoms with Crippen LogP contribution in [0.2, 0.25) is 0 Å². The number of aromatic nitrogens is 3. The lowest BCUT2D eigenvalue weighted by Gasteiger charge is -2.28. The lowest BCUT2D eigenvalue weighted by molar-refractivity contribution is 0.0727. The molecule has 14 nitrogen and oxygen atoms in total. The average Bonchev–Trinajstić information content (AvgIpc) is 3.36. The molecule has 2 amide bonds. The number of carbonyl (C=O) groups is 2. The number of sulfonamides is 2. The molecule has 0 fully saturated rings. The first-order valence-corrected chi connectivity index (χ1v) is 24.5. The van der Waals surface area contributed by atoms with E-state index < -0.39 is 37.8 Å². The number of fused-ring (bicyclic) bond motifs is 2. The van der Waals surface area contributed by atoms with E-state index in [-0.39, 0.29) is 49.8 Å². The average molecular weight is 954 g/mol. The number of hydrogen-bond acceptors (Lipinski definition) is 10. The standard InChI is InChI=1S/C26H25N3O3S.C25H23FN4O4S/c1-3-23(19-11-5-4-6-12-19)29(2)26(30)21-15-7-8-16-22(21)28-33(31,32)24-17-9-13-20-14-10-18-27-25(20)24;1-3-20(17-9-12-23(34-2)28-15-17)29-25(31)19-14-18(26)10-11-21(19)30-35(32,33)22-8-4-6-16-7-5-13-27-24(16)22/h4-18,23,28H,3H2,1-2H3;4-15,20,30H,3H2,1-2H3,(H,29,31).